The van der Waals surface area contributed by atoms with Crippen molar-refractivity contribution in [1.29, 1.82) is 0 Å². The predicted octanol–water partition coefficient (Wildman–Crippen LogP) is -0.605. The van der Waals surface area contributed by atoms with Crippen molar-refractivity contribution in [2.75, 3.05) is 0 Å². The molecule has 2 bridgehead atoms. The van der Waals surface area contributed by atoms with E-state index in [0.717, 1.165) is 0 Å². The molecule has 0 amide bonds. The second-order valence-corrected chi connectivity index (χ2v) is 2.56. The molecule has 0 radical (unpaired) electrons. The first kappa shape index (κ1) is 5.41. The lowest BCUT2D eigenvalue weighted by Gasteiger charge is -2.19. The van der Waals surface area contributed by atoms with Crippen LogP contribution in [0.25, 0.3) is 0 Å². The van der Waals surface area contributed by atoms with Gasteiger partial charge in [-0.25, -0.2) is 0 Å². The van der Waals surface area contributed by atoms with Crippen LogP contribution in [0.1, 0.15) is 6.42 Å². The third-order valence-electron chi connectivity index (χ3n) is 1.78. The van der Waals surface area contributed by atoms with E-state index >= 15 is 0 Å². The summed E-state index contributed by atoms with van der Waals surface area (Å²) in [6.07, 6.45) is 3.31. The van der Waals surface area contributed by atoms with E-state index in [0.29, 0.717) is 6.42 Å². The Morgan fingerprint density at radius 2 is 2.22 bits per heavy atom. The number of fused-ring (bicyclic) bond motifs is 2. The number of rotatable bonds is 0. The van der Waals surface area contributed by atoms with E-state index in [4.69, 9.17) is 14.9 Å². The molecule has 0 saturated carbocycles. The van der Waals surface area contributed by atoms with E-state index in [9.17, 15) is 0 Å². The summed E-state index contributed by atoms with van der Waals surface area (Å²) in [6.45, 7) is 0. The van der Waals surface area contributed by atoms with Crippen LogP contribution in [-0.2, 0) is 4.74 Å². The minimum Gasteiger partial charge on any atom is -0.363 e. The number of hydrogen-bond donors (Lipinski definition) is 2. The third-order valence-corrected chi connectivity index (χ3v) is 1.78. The molecule has 2 aliphatic rings. The van der Waals surface area contributed by atoms with E-state index in [1.807, 2.05) is 6.08 Å². The molecule has 0 aromatic heterocycles. The summed E-state index contributed by atoms with van der Waals surface area (Å²) in [5.74, 6) is -1.60. The molecule has 9 heavy (non-hydrogen) atoms. The molecule has 0 aliphatic carbocycles. The van der Waals surface area contributed by atoms with Crippen molar-refractivity contribution in [2.24, 2.45) is 0 Å². The maximum atomic E-state index is 9.06. The summed E-state index contributed by atoms with van der Waals surface area (Å²) >= 11 is 0. The van der Waals surface area contributed by atoms with Crippen molar-refractivity contribution in [1.82, 2.24) is 0 Å². The van der Waals surface area contributed by atoms with Gasteiger partial charge in [-0.05, 0) is 0 Å². The van der Waals surface area contributed by atoms with Gasteiger partial charge in [-0.1, -0.05) is 12.2 Å². The molecule has 0 aromatic carbocycles. The molecular weight excluding hydrogens is 120 g/mol. The topological polar surface area (TPSA) is 49.7 Å². The Morgan fingerprint density at radius 1 is 1.44 bits per heavy atom. The number of hydrogen-bond acceptors (Lipinski definition) is 3. The molecular formula is C6H8O3. The average molecular weight is 128 g/mol. The number of ether oxygens (including phenoxy) is 1. The first-order valence-corrected chi connectivity index (χ1v) is 2.97. The van der Waals surface area contributed by atoms with Gasteiger partial charge in [0.15, 0.2) is 5.79 Å². The molecule has 50 valence electrons. The molecule has 2 aliphatic heterocycles. The zero-order valence-corrected chi connectivity index (χ0v) is 4.82. The second-order valence-electron chi connectivity index (χ2n) is 2.56. The maximum absolute atomic E-state index is 9.06. The van der Waals surface area contributed by atoms with Gasteiger partial charge in [-0.15, -0.1) is 0 Å². The molecule has 1 fully saturated rings. The molecule has 2 atom stereocenters. The smallest absolute Gasteiger partial charge is 0.196 e. The van der Waals surface area contributed by atoms with Crippen molar-refractivity contribution < 1.29 is 14.9 Å². The Bertz CT molecular complexity index is 162. The molecule has 2 unspecified atom stereocenters. The highest BCUT2D eigenvalue weighted by molar-refractivity contribution is 5.13. The highest BCUT2D eigenvalue weighted by atomic mass is 16.6. The van der Waals surface area contributed by atoms with Crippen LogP contribution in [0.2, 0.25) is 0 Å². The summed E-state index contributed by atoms with van der Waals surface area (Å²) < 4.78 is 5.08. The average Bonchev–Trinajstić information content (AvgIpc) is 2.19. The molecule has 2 rings (SSSR count). The first-order valence-electron chi connectivity index (χ1n) is 2.97. The highest BCUT2D eigenvalue weighted by Crippen LogP contribution is 2.34. The van der Waals surface area contributed by atoms with Gasteiger partial charge in [0, 0.05) is 6.42 Å². The van der Waals surface area contributed by atoms with Gasteiger partial charge in [-0.2, -0.15) is 0 Å². The minimum atomic E-state index is -1.60. The maximum Gasteiger partial charge on any atom is 0.196 e. The van der Waals surface area contributed by atoms with E-state index in [1.54, 1.807) is 6.08 Å². The monoisotopic (exact) mass is 128 g/mol. The normalized spacial score (nSPS) is 44.2. The molecule has 2 heterocycles. The summed E-state index contributed by atoms with van der Waals surface area (Å²) in [4.78, 5) is 0. The van der Waals surface area contributed by atoms with Crippen LogP contribution < -0.4 is 0 Å². The SMILES string of the molecule is OC1(O)CC2C=CC1O2. The summed E-state index contributed by atoms with van der Waals surface area (Å²) in [6, 6.07) is 0. The van der Waals surface area contributed by atoms with Crippen molar-refractivity contribution in [3.05, 3.63) is 12.2 Å². The largest absolute Gasteiger partial charge is 0.363 e. The Hall–Kier alpha value is -0.380. The Labute approximate surface area is 52.6 Å². The van der Waals surface area contributed by atoms with Crippen LogP contribution in [0.3, 0.4) is 0 Å². The van der Waals surface area contributed by atoms with Crippen LogP contribution in [-0.4, -0.2) is 28.2 Å². The van der Waals surface area contributed by atoms with Crippen LogP contribution in [0.15, 0.2) is 12.2 Å². The zero-order valence-electron chi connectivity index (χ0n) is 4.82. The highest BCUT2D eigenvalue weighted by Gasteiger charge is 2.47. The summed E-state index contributed by atoms with van der Waals surface area (Å²) in [5, 5.41) is 18.1. The van der Waals surface area contributed by atoms with Crippen LogP contribution in [0, 0.1) is 0 Å². The zero-order chi connectivity index (χ0) is 6.48. The second kappa shape index (κ2) is 1.37. The van der Waals surface area contributed by atoms with Gasteiger partial charge >= 0.3 is 0 Å². The lowest BCUT2D eigenvalue weighted by atomic mass is 10.0. The van der Waals surface area contributed by atoms with Gasteiger partial charge < -0.3 is 14.9 Å². The van der Waals surface area contributed by atoms with Crippen molar-refractivity contribution in [2.45, 2.75) is 24.4 Å². The number of aliphatic hydroxyl groups is 2. The molecule has 3 nitrogen and oxygen atoms in total. The summed E-state index contributed by atoms with van der Waals surface area (Å²) in [5.41, 5.74) is 0. The predicted molar refractivity (Wildman–Crippen MR) is 29.6 cm³/mol. The van der Waals surface area contributed by atoms with E-state index in [-0.39, 0.29) is 6.10 Å². The lowest BCUT2D eigenvalue weighted by Crippen LogP contribution is -2.37. The molecule has 0 spiro atoms. The van der Waals surface area contributed by atoms with Crippen molar-refractivity contribution >= 4 is 0 Å². The fraction of sp³-hybridized carbons (Fsp3) is 0.667. The molecule has 0 aromatic rings. The summed E-state index contributed by atoms with van der Waals surface area (Å²) in [7, 11) is 0. The minimum absolute atomic E-state index is 0.0648. The third kappa shape index (κ3) is 0.625. The van der Waals surface area contributed by atoms with Crippen LogP contribution in [0.4, 0.5) is 0 Å². The van der Waals surface area contributed by atoms with Gasteiger partial charge in [0.25, 0.3) is 0 Å². The van der Waals surface area contributed by atoms with E-state index in [1.165, 1.54) is 0 Å². The fourth-order valence-electron chi connectivity index (χ4n) is 1.30. The molecule has 2 N–H and O–H groups in total. The lowest BCUT2D eigenvalue weighted by molar-refractivity contribution is -0.178. The van der Waals surface area contributed by atoms with Crippen molar-refractivity contribution in [3.8, 4) is 0 Å². The molecule has 3 heteroatoms. The van der Waals surface area contributed by atoms with Gasteiger partial charge in [0.2, 0.25) is 0 Å². The Balaban J connectivity index is 2.29. The van der Waals surface area contributed by atoms with Crippen LogP contribution in [0.5, 0.6) is 0 Å². The Morgan fingerprint density at radius 3 is 2.44 bits per heavy atom. The van der Waals surface area contributed by atoms with Gasteiger partial charge in [0.1, 0.15) is 6.10 Å². The van der Waals surface area contributed by atoms with E-state index in [2.05, 4.69) is 0 Å². The van der Waals surface area contributed by atoms with Gasteiger partial charge in [0.05, 0.1) is 6.10 Å². The van der Waals surface area contributed by atoms with Crippen molar-refractivity contribution in [3.63, 3.8) is 0 Å². The van der Waals surface area contributed by atoms with E-state index < -0.39 is 11.9 Å². The molecule has 1 saturated heterocycles. The standard InChI is InChI=1S/C6H8O3/c7-6(8)3-4-1-2-5(6)9-4/h1-2,4-5,7-8H,3H2. The fourth-order valence-corrected chi connectivity index (χ4v) is 1.30. The van der Waals surface area contributed by atoms with Gasteiger partial charge in [-0.3, -0.25) is 0 Å². The Kier molecular flexibility index (Phi) is 0.822. The first-order chi connectivity index (χ1) is 4.18. The van der Waals surface area contributed by atoms with Crippen LogP contribution >= 0.6 is 0 Å². The quantitative estimate of drug-likeness (QED) is 0.338.